The normalized spacial score (nSPS) is 18.3. The molecule has 0 aliphatic carbocycles. The van der Waals surface area contributed by atoms with Crippen LogP contribution in [0.25, 0.3) is 0 Å². The van der Waals surface area contributed by atoms with Gasteiger partial charge in [0.15, 0.2) is 0 Å². The van der Waals surface area contributed by atoms with Gasteiger partial charge in [0, 0.05) is 31.5 Å². The van der Waals surface area contributed by atoms with Gasteiger partial charge in [-0.2, -0.15) is 0 Å². The van der Waals surface area contributed by atoms with Crippen molar-refractivity contribution < 1.29 is 19.2 Å². The molecule has 126 valence electrons. The summed E-state index contributed by atoms with van der Waals surface area (Å²) in [5, 5.41) is 12.1. The summed E-state index contributed by atoms with van der Waals surface area (Å²) in [6, 6.07) is 10.9. The quantitative estimate of drug-likeness (QED) is 0.568. The van der Waals surface area contributed by atoms with Crippen LogP contribution < -0.4 is 5.32 Å². The summed E-state index contributed by atoms with van der Waals surface area (Å²) in [5.74, 6) is -1.20. The van der Waals surface area contributed by atoms with Crippen LogP contribution >= 0.6 is 0 Å². The van der Waals surface area contributed by atoms with Crippen molar-refractivity contribution in [2.24, 2.45) is 0 Å². The molecule has 1 aromatic rings. The first-order valence-electron chi connectivity index (χ1n) is 8.38. The molecule has 1 aliphatic heterocycles. The first kappa shape index (κ1) is 17.6. The number of benzene rings is 1. The summed E-state index contributed by atoms with van der Waals surface area (Å²) in [7, 11) is 0. The summed E-state index contributed by atoms with van der Waals surface area (Å²) in [6.07, 6.45) is 0.764. The van der Waals surface area contributed by atoms with E-state index < -0.39 is 5.97 Å². The average Bonchev–Trinajstić information content (AvgIpc) is 2.55. The van der Waals surface area contributed by atoms with Crippen LogP contribution in [0.2, 0.25) is 0 Å². The molecule has 0 amide bonds. The molecular formula is C18H27N2O3+. The number of piperazine rings is 1. The maximum atomic E-state index is 11.6. The van der Waals surface area contributed by atoms with E-state index >= 15 is 0 Å². The molecule has 1 fully saturated rings. The standard InChI is InChI=1S/C18H26N2O3/c1-15(16-6-3-2-4-7-16)20(12-9-19-10-13-20)11-5-8-17(21)14-18(22)23/h2-4,6-7,15,19H,5,8-14H2,1H3/p+1. The minimum atomic E-state index is -1.03. The zero-order valence-corrected chi connectivity index (χ0v) is 13.8. The molecule has 1 heterocycles. The van der Waals surface area contributed by atoms with Crippen LogP contribution in [0.4, 0.5) is 0 Å². The first-order valence-corrected chi connectivity index (χ1v) is 8.38. The molecule has 1 aromatic carbocycles. The zero-order valence-electron chi connectivity index (χ0n) is 13.8. The second-order valence-electron chi connectivity index (χ2n) is 6.44. The van der Waals surface area contributed by atoms with Crippen molar-refractivity contribution in [3.63, 3.8) is 0 Å². The lowest BCUT2D eigenvalue weighted by Crippen LogP contribution is -2.60. The largest absolute Gasteiger partial charge is 0.481 e. The van der Waals surface area contributed by atoms with E-state index in [2.05, 4.69) is 36.5 Å². The third-order valence-electron chi connectivity index (χ3n) is 4.98. The Balaban J connectivity index is 2.01. The van der Waals surface area contributed by atoms with Gasteiger partial charge in [-0.15, -0.1) is 0 Å². The lowest BCUT2D eigenvalue weighted by molar-refractivity contribution is -0.957. The smallest absolute Gasteiger partial charge is 0.310 e. The van der Waals surface area contributed by atoms with E-state index in [0.717, 1.165) is 43.6 Å². The maximum absolute atomic E-state index is 11.6. The van der Waals surface area contributed by atoms with Crippen molar-refractivity contribution in [3.8, 4) is 0 Å². The van der Waals surface area contributed by atoms with Crippen LogP contribution in [-0.2, 0) is 9.59 Å². The number of carboxylic acids is 1. The van der Waals surface area contributed by atoms with Gasteiger partial charge >= 0.3 is 5.97 Å². The number of carbonyl (C=O) groups is 2. The predicted molar refractivity (Wildman–Crippen MR) is 89.1 cm³/mol. The topological polar surface area (TPSA) is 66.4 Å². The minimum absolute atomic E-state index is 0.168. The Hall–Kier alpha value is -1.72. The van der Waals surface area contributed by atoms with Crippen LogP contribution in [0.3, 0.4) is 0 Å². The number of nitrogens with one attached hydrogen (secondary N) is 1. The average molecular weight is 319 g/mol. The molecule has 23 heavy (non-hydrogen) atoms. The van der Waals surface area contributed by atoms with E-state index in [1.54, 1.807) is 0 Å². The summed E-state index contributed by atoms with van der Waals surface area (Å²) in [5.41, 5.74) is 1.33. The van der Waals surface area contributed by atoms with E-state index in [1.165, 1.54) is 5.56 Å². The first-order chi connectivity index (χ1) is 11.0. The Morgan fingerprint density at radius 3 is 2.48 bits per heavy atom. The van der Waals surface area contributed by atoms with Crippen LogP contribution in [0.5, 0.6) is 0 Å². The zero-order chi connectivity index (χ0) is 16.7. The van der Waals surface area contributed by atoms with Gasteiger partial charge in [-0.25, -0.2) is 0 Å². The highest BCUT2D eigenvalue weighted by molar-refractivity contribution is 5.94. The van der Waals surface area contributed by atoms with Gasteiger partial charge in [-0.1, -0.05) is 30.3 Å². The second kappa shape index (κ2) is 8.22. The molecule has 0 spiro atoms. The highest BCUT2D eigenvalue weighted by Crippen LogP contribution is 2.29. The molecule has 0 saturated carbocycles. The van der Waals surface area contributed by atoms with E-state index in [-0.39, 0.29) is 12.2 Å². The van der Waals surface area contributed by atoms with Crippen molar-refractivity contribution in [2.75, 3.05) is 32.7 Å². The lowest BCUT2D eigenvalue weighted by Gasteiger charge is -2.46. The number of quaternary nitrogens is 1. The molecule has 1 aliphatic rings. The highest BCUT2D eigenvalue weighted by atomic mass is 16.4. The summed E-state index contributed by atoms with van der Waals surface area (Å²) in [6.45, 7) is 7.25. The van der Waals surface area contributed by atoms with Gasteiger partial charge in [0.05, 0.1) is 19.6 Å². The molecule has 5 nitrogen and oxygen atoms in total. The van der Waals surface area contributed by atoms with Crippen LogP contribution in [0, 0.1) is 0 Å². The fourth-order valence-corrected chi connectivity index (χ4v) is 3.54. The Morgan fingerprint density at radius 1 is 1.22 bits per heavy atom. The van der Waals surface area contributed by atoms with Crippen LogP contribution in [0.1, 0.15) is 37.8 Å². The van der Waals surface area contributed by atoms with Crippen molar-refractivity contribution in [2.45, 2.75) is 32.2 Å². The molecule has 5 heteroatoms. The van der Waals surface area contributed by atoms with Crippen molar-refractivity contribution in [1.29, 1.82) is 0 Å². The van der Waals surface area contributed by atoms with E-state index in [1.807, 2.05) is 6.07 Å². The molecule has 0 aromatic heterocycles. The third kappa shape index (κ3) is 4.88. The Kier molecular flexibility index (Phi) is 6.30. The Bertz CT molecular complexity index is 524. The molecular weight excluding hydrogens is 292 g/mol. The summed E-state index contributed by atoms with van der Waals surface area (Å²) < 4.78 is 0.970. The molecule has 1 unspecified atom stereocenters. The number of carboxylic acid groups (broad SMARTS) is 1. The van der Waals surface area contributed by atoms with Gasteiger partial charge in [0.25, 0.3) is 0 Å². The van der Waals surface area contributed by atoms with Gasteiger partial charge in [0.1, 0.15) is 18.2 Å². The fourth-order valence-electron chi connectivity index (χ4n) is 3.54. The SMILES string of the molecule is CC(c1ccccc1)[N+]1(CCCC(=O)CC(=O)O)CCNCC1. The molecule has 2 N–H and O–H groups in total. The Morgan fingerprint density at radius 2 is 1.87 bits per heavy atom. The van der Waals surface area contributed by atoms with E-state index in [0.29, 0.717) is 12.5 Å². The fraction of sp³-hybridized carbons (Fsp3) is 0.556. The number of rotatable bonds is 8. The van der Waals surface area contributed by atoms with Crippen molar-refractivity contribution in [3.05, 3.63) is 35.9 Å². The van der Waals surface area contributed by atoms with Gasteiger partial charge < -0.3 is 14.9 Å². The number of hydrogen-bond acceptors (Lipinski definition) is 3. The number of aliphatic carboxylic acids is 1. The lowest BCUT2D eigenvalue weighted by atomic mass is 10.0. The summed E-state index contributed by atoms with van der Waals surface area (Å²) in [4.78, 5) is 22.2. The molecule has 1 saturated heterocycles. The number of ketones is 1. The molecule has 0 radical (unpaired) electrons. The highest BCUT2D eigenvalue weighted by Gasteiger charge is 2.36. The van der Waals surface area contributed by atoms with Gasteiger partial charge in [-0.05, 0) is 6.92 Å². The number of Topliss-reactive ketones (excluding diaryl/α,β-unsaturated/α-hetero) is 1. The predicted octanol–water partition coefficient (Wildman–Crippen LogP) is 1.99. The maximum Gasteiger partial charge on any atom is 0.310 e. The van der Waals surface area contributed by atoms with Gasteiger partial charge in [-0.3, -0.25) is 9.59 Å². The minimum Gasteiger partial charge on any atom is -0.481 e. The molecule has 0 bridgehead atoms. The van der Waals surface area contributed by atoms with Crippen LogP contribution in [-0.4, -0.2) is 54.1 Å². The number of hydrogen-bond donors (Lipinski definition) is 2. The van der Waals surface area contributed by atoms with E-state index in [4.69, 9.17) is 5.11 Å². The number of carbonyl (C=O) groups excluding carboxylic acids is 1. The summed E-state index contributed by atoms with van der Waals surface area (Å²) >= 11 is 0. The van der Waals surface area contributed by atoms with Crippen LogP contribution in [0.15, 0.2) is 30.3 Å². The Labute approximate surface area is 137 Å². The van der Waals surface area contributed by atoms with Crippen molar-refractivity contribution >= 4 is 11.8 Å². The third-order valence-corrected chi connectivity index (χ3v) is 4.98. The second-order valence-corrected chi connectivity index (χ2v) is 6.44. The van der Waals surface area contributed by atoms with E-state index in [9.17, 15) is 9.59 Å². The molecule has 1 atom stereocenters. The monoisotopic (exact) mass is 319 g/mol. The van der Waals surface area contributed by atoms with Gasteiger partial charge in [0.2, 0.25) is 0 Å². The molecule has 2 rings (SSSR count). The number of nitrogens with zero attached hydrogens (tertiary/aromatic N) is 1. The van der Waals surface area contributed by atoms with Crippen molar-refractivity contribution in [1.82, 2.24) is 5.32 Å².